The van der Waals surface area contributed by atoms with E-state index in [9.17, 15) is 4.57 Å². The fraction of sp³-hybridized carbons (Fsp3) is 1.00. The van der Waals surface area contributed by atoms with Crippen molar-refractivity contribution in [3.05, 3.63) is 0 Å². The summed E-state index contributed by atoms with van der Waals surface area (Å²) in [7, 11) is -2.39. The zero-order valence-electron chi connectivity index (χ0n) is 5.83. The molecule has 0 aliphatic carbocycles. The summed E-state index contributed by atoms with van der Waals surface area (Å²) in [5.74, 6) is 0. The fourth-order valence-corrected chi connectivity index (χ4v) is 0.574. The number of hydrogen-bond acceptors (Lipinski definition) is 3. The third kappa shape index (κ3) is 11.3. The molecule has 0 aromatic carbocycles. The van der Waals surface area contributed by atoms with Crippen molar-refractivity contribution in [3.8, 4) is 0 Å². The Kier molecular flexibility index (Phi) is 12.5. The van der Waals surface area contributed by atoms with Gasteiger partial charge in [0.25, 0.3) is 0 Å². The van der Waals surface area contributed by atoms with E-state index in [4.69, 9.17) is 4.89 Å². The molecule has 0 radical (unpaired) electrons. The average molecular weight is 169 g/mol. The minimum atomic E-state index is -2.39. The Bertz CT molecular complexity index is 65.8. The Morgan fingerprint density at radius 2 is 2.43 bits per heavy atom. The molecule has 0 aliphatic heterocycles. The van der Waals surface area contributed by atoms with E-state index in [0.717, 1.165) is 12.0 Å². The van der Waals surface area contributed by atoms with Gasteiger partial charge in [0.2, 0.25) is 0 Å². The molecular weight excluding hydrogens is 163 g/mol. The molecule has 3 nitrogen and oxygen atoms in total. The SMILES string of the molecule is CSO[P+](=O)O.[Ca+2].[H-].[H-]. The second-order valence-corrected chi connectivity index (χ2v) is 1.88. The summed E-state index contributed by atoms with van der Waals surface area (Å²) in [6.07, 6.45) is 1.57. The Morgan fingerprint density at radius 1 is 2.00 bits per heavy atom. The second-order valence-electron chi connectivity index (χ2n) is 0.479. The van der Waals surface area contributed by atoms with Crippen LogP contribution in [0.1, 0.15) is 2.85 Å². The molecule has 6 heteroatoms. The molecule has 0 saturated heterocycles. The van der Waals surface area contributed by atoms with Crippen LogP contribution >= 0.6 is 20.3 Å². The van der Waals surface area contributed by atoms with Crippen LogP contribution in [-0.2, 0) is 8.54 Å². The quantitative estimate of drug-likeness (QED) is 0.377. The van der Waals surface area contributed by atoms with Gasteiger partial charge in [0.05, 0.1) is 12.0 Å². The van der Waals surface area contributed by atoms with E-state index in [1.165, 1.54) is 0 Å². The maximum Gasteiger partial charge on any atom is 2.00 e. The summed E-state index contributed by atoms with van der Waals surface area (Å²) >= 11 is 0.876. The van der Waals surface area contributed by atoms with Crippen LogP contribution in [-0.4, -0.2) is 48.9 Å². The van der Waals surface area contributed by atoms with Crippen molar-refractivity contribution in [1.82, 2.24) is 0 Å². The standard InChI is InChI=1S/CH3O3PS.Ca.2H/c1-6-4-5(2)3;;;/h1H3;;;/q;+2;2*-1/p+1. The van der Waals surface area contributed by atoms with Crippen LogP contribution in [0, 0.1) is 0 Å². The second kappa shape index (κ2) is 7.63. The zero-order valence-corrected chi connectivity index (χ0v) is 7.75. The van der Waals surface area contributed by atoms with Crippen molar-refractivity contribution in [2.24, 2.45) is 0 Å². The van der Waals surface area contributed by atoms with E-state index in [2.05, 4.69) is 3.97 Å². The largest absolute Gasteiger partial charge is 2.00 e. The van der Waals surface area contributed by atoms with Gasteiger partial charge in [-0.25, -0.2) is 0 Å². The summed E-state index contributed by atoms with van der Waals surface area (Å²) in [5, 5.41) is 0. The van der Waals surface area contributed by atoms with Gasteiger partial charge in [-0.2, -0.15) is 0 Å². The molecule has 0 aromatic rings. The molecule has 1 N–H and O–H groups in total. The molecule has 7 heavy (non-hydrogen) atoms. The Morgan fingerprint density at radius 3 is 2.43 bits per heavy atom. The number of rotatable bonds is 2. The predicted octanol–water partition coefficient (Wildman–Crippen LogP) is 0.775. The van der Waals surface area contributed by atoms with E-state index in [1.54, 1.807) is 6.26 Å². The van der Waals surface area contributed by atoms with Gasteiger partial charge < -0.3 is 2.85 Å². The van der Waals surface area contributed by atoms with Gasteiger partial charge in [-0.3, -0.25) is 0 Å². The van der Waals surface area contributed by atoms with E-state index in [1.807, 2.05) is 0 Å². The first-order valence-electron chi connectivity index (χ1n) is 1.14. The minimum absolute atomic E-state index is 0. The first-order valence-corrected chi connectivity index (χ1v) is 3.42. The van der Waals surface area contributed by atoms with Crippen LogP contribution in [0.4, 0.5) is 0 Å². The van der Waals surface area contributed by atoms with Crippen molar-refractivity contribution < 1.29 is 16.3 Å². The van der Waals surface area contributed by atoms with Crippen molar-refractivity contribution >= 4 is 58.0 Å². The van der Waals surface area contributed by atoms with Crippen molar-refractivity contribution in [2.45, 2.75) is 0 Å². The van der Waals surface area contributed by atoms with Crippen LogP contribution < -0.4 is 0 Å². The predicted molar refractivity (Wildman–Crippen MR) is 32.4 cm³/mol. The van der Waals surface area contributed by atoms with Crippen LogP contribution in [0.25, 0.3) is 0 Å². The van der Waals surface area contributed by atoms with E-state index < -0.39 is 8.25 Å². The molecule has 0 aliphatic rings. The minimum Gasteiger partial charge on any atom is -1.00 e. The zero-order chi connectivity index (χ0) is 4.99. The summed E-state index contributed by atoms with van der Waals surface area (Å²) in [5.41, 5.74) is 0. The maximum atomic E-state index is 9.50. The molecule has 0 spiro atoms. The Hall–Kier alpha value is 1.63. The van der Waals surface area contributed by atoms with Crippen LogP contribution in [0.5, 0.6) is 0 Å². The van der Waals surface area contributed by atoms with Gasteiger partial charge in [-0.15, -0.1) is 4.89 Å². The molecular formula is CH6CaO3PS+. The molecule has 0 saturated carbocycles. The molecule has 0 heterocycles. The van der Waals surface area contributed by atoms with Gasteiger partial charge in [0, 0.05) is 10.8 Å². The summed E-state index contributed by atoms with van der Waals surface area (Å²) in [4.78, 5) is 7.82. The van der Waals surface area contributed by atoms with Crippen molar-refractivity contribution in [2.75, 3.05) is 6.26 Å². The molecule has 0 amide bonds. The monoisotopic (exact) mass is 169 g/mol. The smallest absolute Gasteiger partial charge is 1.00 e. The fourth-order valence-electron chi connectivity index (χ4n) is 0.0638. The summed E-state index contributed by atoms with van der Waals surface area (Å²) in [6.45, 7) is 0. The maximum absolute atomic E-state index is 9.50. The van der Waals surface area contributed by atoms with E-state index in [-0.39, 0.29) is 40.6 Å². The molecule has 0 rings (SSSR count). The molecule has 0 bridgehead atoms. The molecule has 1 atom stereocenters. The molecule has 0 aromatic heterocycles. The van der Waals surface area contributed by atoms with Gasteiger partial charge in [0.15, 0.2) is 0 Å². The average Bonchev–Trinajstić information content (AvgIpc) is 1.35. The third-order valence-corrected chi connectivity index (χ3v) is 1.24. The van der Waals surface area contributed by atoms with Crippen LogP contribution in [0.15, 0.2) is 0 Å². The summed E-state index contributed by atoms with van der Waals surface area (Å²) < 4.78 is 13.5. The molecule has 1 unspecified atom stereocenters. The third-order valence-electron chi connectivity index (χ3n) is 0.138. The van der Waals surface area contributed by atoms with Gasteiger partial charge >= 0.3 is 46.0 Å². The van der Waals surface area contributed by atoms with Gasteiger partial charge in [-0.1, -0.05) is 0 Å². The normalized spacial score (nSPS) is 9.71. The van der Waals surface area contributed by atoms with Crippen molar-refractivity contribution in [3.63, 3.8) is 0 Å². The first-order chi connectivity index (χ1) is 2.77. The topological polar surface area (TPSA) is 46.5 Å². The molecule has 40 valence electrons. The molecule has 0 fully saturated rings. The first kappa shape index (κ1) is 11.4. The summed E-state index contributed by atoms with van der Waals surface area (Å²) in [6, 6.07) is 0. The van der Waals surface area contributed by atoms with Crippen LogP contribution in [0.2, 0.25) is 0 Å². The van der Waals surface area contributed by atoms with E-state index >= 15 is 0 Å². The van der Waals surface area contributed by atoms with Crippen molar-refractivity contribution in [1.29, 1.82) is 0 Å². The van der Waals surface area contributed by atoms with E-state index in [0.29, 0.717) is 0 Å². The van der Waals surface area contributed by atoms with Gasteiger partial charge in [-0.05, 0) is 3.97 Å². The number of hydrogen-bond donors (Lipinski definition) is 1. The Balaban J connectivity index is -0.0000000417. The van der Waals surface area contributed by atoms with Crippen LogP contribution in [0.3, 0.4) is 0 Å². The van der Waals surface area contributed by atoms with Gasteiger partial charge in [0.1, 0.15) is 0 Å². The Labute approximate surface area is 79.9 Å².